The van der Waals surface area contributed by atoms with Crippen molar-refractivity contribution in [2.24, 2.45) is 0 Å². The van der Waals surface area contributed by atoms with Crippen molar-refractivity contribution in [3.8, 4) is 5.75 Å². The molecule has 0 bridgehead atoms. The molecule has 1 aromatic heterocycles. The van der Waals surface area contributed by atoms with Crippen LogP contribution in [0, 0.1) is 6.92 Å². The summed E-state index contributed by atoms with van der Waals surface area (Å²) < 4.78 is 11.6. The Labute approximate surface area is 183 Å². The van der Waals surface area contributed by atoms with Gasteiger partial charge in [-0.2, -0.15) is 0 Å². The number of hydrogen-bond acceptors (Lipinski definition) is 6. The second-order valence-electron chi connectivity index (χ2n) is 8.43. The molecule has 2 fully saturated rings. The minimum atomic E-state index is -0.708. The lowest BCUT2D eigenvalue weighted by Crippen LogP contribution is -2.56. The number of ether oxygens (including phenoxy) is 2. The van der Waals surface area contributed by atoms with E-state index >= 15 is 0 Å². The van der Waals surface area contributed by atoms with E-state index in [2.05, 4.69) is 15.2 Å². The Balaban J connectivity index is 1.51. The summed E-state index contributed by atoms with van der Waals surface area (Å²) in [6.07, 6.45) is 3.09. The van der Waals surface area contributed by atoms with Gasteiger partial charge in [0.05, 0.1) is 23.8 Å². The van der Waals surface area contributed by atoms with Gasteiger partial charge >= 0.3 is 0 Å². The predicted molar refractivity (Wildman–Crippen MR) is 117 cm³/mol. The van der Waals surface area contributed by atoms with Gasteiger partial charge in [0.15, 0.2) is 0 Å². The Kier molecular flexibility index (Phi) is 6.85. The van der Waals surface area contributed by atoms with Crippen LogP contribution in [0.4, 0.5) is 0 Å². The first-order valence-electron chi connectivity index (χ1n) is 11.0. The van der Waals surface area contributed by atoms with Crippen molar-refractivity contribution in [1.29, 1.82) is 0 Å². The maximum atomic E-state index is 12.9. The van der Waals surface area contributed by atoms with Gasteiger partial charge in [0.1, 0.15) is 18.0 Å². The van der Waals surface area contributed by atoms with Crippen LogP contribution in [-0.2, 0) is 4.74 Å². The highest BCUT2D eigenvalue weighted by molar-refractivity contribution is 5.94. The van der Waals surface area contributed by atoms with Crippen molar-refractivity contribution in [3.05, 3.63) is 59.9 Å². The minimum absolute atomic E-state index is 0.179. The van der Waals surface area contributed by atoms with Crippen LogP contribution < -0.4 is 10.1 Å². The van der Waals surface area contributed by atoms with Gasteiger partial charge in [0.25, 0.3) is 5.91 Å². The standard InChI is InChI=1S/C24H31N3O4/c1-16-8-9-17(15-25-16)24(29)26-20-14-21(31-19-6-4-3-5-7-19)23(28)22(20)27-12-10-18(30-2)11-13-27/h3-9,15,18,20-23,28H,10-14H2,1-2H3,(H,26,29)/t20-,21-,22+,23+/m1/s1. The fraction of sp³-hybridized carbons (Fsp3) is 0.500. The maximum absolute atomic E-state index is 12.9. The first-order chi connectivity index (χ1) is 15.0. The SMILES string of the molecule is COC1CCN([C@@H]2[C@@H](O)[C@H](Oc3ccccc3)C[C@H]2NC(=O)c2ccc(C)nc2)CC1. The van der Waals surface area contributed by atoms with Crippen molar-refractivity contribution < 1.29 is 19.4 Å². The number of piperidine rings is 1. The molecular formula is C24H31N3O4. The lowest BCUT2D eigenvalue weighted by Gasteiger charge is -2.39. The monoisotopic (exact) mass is 425 g/mol. The third-order valence-electron chi connectivity index (χ3n) is 6.38. The lowest BCUT2D eigenvalue weighted by molar-refractivity contribution is -0.0228. The number of benzene rings is 1. The molecule has 1 aromatic carbocycles. The zero-order chi connectivity index (χ0) is 21.8. The highest BCUT2D eigenvalue weighted by atomic mass is 16.5. The van der Waals surface area contributed by atoms with Crippen LogP contribution in [0.5, 0.6) is 5.75 Å². The Morgan fingerprint density at radius 1 is 1.16 bits per heavy atom. The Morgan fingerprint density at radius 2 is 1.90 bits per heavy atom. The highest BCUT2D eigenvalue weighted by Gasteiger charge is 2.48. The van der Waals surface area contributed by atoms with E-state index in [0.717, 1.165) is 37.4 Å². The molecule has 1 aliphatic carbocycles. The van der Waals surface area contributed by atoms with Gasteiger partial charge in [-0.25, -0.2) is 0 Å². The Morgan fingerprint density at radius 3 is 2.55 bits per heavy atom. The summed E-state index contributed by atoms with van der Waals surface area (Å²) in [4.78, 5) is 19.4. The topological polar surface area (TPSA) is 83.9 Å². The smallest absolute Gasteiger partial charge is 0.253 e. The van der Waals surface area contributed by atoms with Crippen molar-refractivity contribution in [3.63, 3.8) is 0 Å². The molecule has 0 radical (unpaired) electrons. The van der Waals surface area contributed by atoms with Crippen molar-refractivity contribution in [2.45, 2.75) is 56.6 Å². The molecule has 7 nitrogen and oxygen atoms in total. The number of likely N-dealkylation sites (tertiary alicyclic amines) is 1. The molecule has 4 atom stereocenters. The summed E-state index contributed by atoms with van der Waals surface area (Å²) in [5.74, 6) is 0.542. The van der Waals surface area contributed by atoms with Crippen LogP contribution in [0.15, 0.2) is 48.7 Å². The lowest BCUT2D eigenvalue weighted by atomic mass is 10.0. The van der Waals surface area contributed by atoms with Gasteiger partial charge in [-0.1, -0.05) is 18.2 Å². The summed E-state index contributed by atoms with van der Waals surface area (Å²) in [6, 6.07) is 12.7. The number of hydrogen-bond donors (Lipinski definition) is 2. The molecule has 31 heavy (non-hydrogen) atoms. The van der Waals surface area contributed by atoms with Crippen molar-refractivity contribution >= 4 is 5.91 Å². The summed E-state index contributed by atoms with van der Waals surface area (Å²) in [5.41, 5.74) is 1.38. The van der Waals surface area contributed by atoms with Crippen LogP contribution in [0.25, 0.3) is 0 Å². The first-order valence-corrected chi connectivity index (χ1v) is 11.0. The van der Waals surface area contributed by atoms with E-state index in [0.29, 0.717) is 12.0 Å². The zero-order valence-corrected chi connectivity index (χ0v) is 18.1. The number of carbonyl (C=O) groups is 1. The fourth-order valence-corrected chi connectivity index (χ4v) is 4.66. The third-order valence-corrected chi connectivity index (χ3v) is 6.38. The van der Waals surface area contributed by atoms with Crippen LogP contribution in [-0.4, -0.2) is 71.5 Å². The maximum Gasteiger partial charge on any atom is 0.253 e. The fourth-order valence-electron chi connectivity index (χ4n) is 4.66. The molecule has 166 valence electrons. The number of nitrogens with one attached hydrogen (secondary N) is 1. The van der Waals surface area contributed by atoms with E-state index in [9.17, 15) is 9.90 Å². The van der Waals surface area contributed by atoms with E-state index in [-0.39, 0.29) is 24.1 Å². The molecule has 2 aromatic rings. The number of methoxy groups -OCH3 is 1. The number of aryl methyl sites for hydroxylation is 1. The number of amides is 1. The molecular weight excluding hydrogens is 394 g/mol. The molecule has 4 rings (SSSR count). The zero-order valence-electron chi connectivity index (χ0n) is 18.1. The van der Waals surface area contributed by atoms with Gasteiger partial charge in [-0.15, -0.1) is 0 Å². The van der Waals surface area contributed by atoms with E-state index in [1.165, 1.54) is 0 Å². The summed E-state index contributed by atoms with van der Waals surface area (Å²) in [5, 5.41) is 14.4. The van der Waals surface area contributed by atoms with Crippen LogP contribution in [0.1, 0.15) is 35.3 Å². The molecule has 2 heterocycles. The largest absolute Gasteiger partial charge is 0.488 e. The molecule has 1 saturated heterocycles. The van der Waals surface area contributed by atoms with E-state index in [1.54, 1.807) is 19.4 Å². The Bertz CT molecular complexity index is 853. The molecule has 2 N–H and O–H groups in total. The minimum Gasteiger partial charge on any atom is -0.488 e. The number of aliphatic hydroxyl groups is 1. The van der Waals surface area contributed by atoms with Crippen LogP contribution in [0.2, 0.25) is 0 Å². The second kappa shape index (κ2) is 9.77. The highest BCUT2D eigenvalue weighted by Crippen LogP contribution is 2.31. The average molecular weight is 426 g/mol. The molecule has 1 saturated carbocycles. The summed E-state index contributed by atoms with van der Waals surface area (Å²) in [6.45, 7) is 3.52. The number of para-hydroxylation sites is 1. The second-order valence-corrected chi connectivity index (χ2v) is 8.43. The summed E-state index contributed by atoms with van der Waals surface area (Å²) in [7, 11) is 1.74. The molecule has 2 aliphatic rings. The number of rotatable bonds is 6. The van der Waals surface area contributed by atoms with Gasteiger partial charge in [0.2, 0.25) is 0 Å². The van der Waals surface area contributed by atoms with Gasteiger partial charge in [-0.3, -0.25) is 14.7 Å². The quantitative estimate of drug-likeness (QED) is 0.738. The number of aromatic nitrogens is 1. The number of aliphatic hydroxyl groups excluding tert-OH is 1. The third kappa shape index (κ3) is 5.06. The number of pyridine rings is 1. The van der Waals surface area contributed by atoms with E-state index in [1.807, 2.05) is 43.3 Å². The summed E-state index contributed by atoms with van der Waals surface area (Å²) >= 11 is 0. The van der Waals surface area contributed by atoms with Gasteiger partial charge in [0, 0.05) is 38.5 Å². The van der Waals surface area contributed by atoms with Gasteiger partial charge in [-0.05, 0) is 44.0 Å². The molecule has 1 amide bonds. The van der Waals surface area contributed by atoms with Crippen LogP contribution in [0.3, 0.4) is 0 Å². The first kappa shape index (κ1) is 21.7. The van der Waals surface area contributed by atoms with Crippen LogP contribution >= 0.6 is 0 Å². The Hall–Kier alpha value is -2.48. The van der Waals surface area contributed by atoms with Crippen molar-refractivity contribution in [2.75, 3.05) is 20.2 Å². The van der Waals surface area contributed by atoms with E-state index in [4.69, 9.17) is 9.47 Å². The molecule has 7 heteroatoms. The van der Waals surface area contributed by atoms with Crippen molar-refractivity contribution in [1.82, 2.24) is 15.2 Å². The predicted octanol–water partition coefficient (Wildman–Crippen LogP) is 2.18. The molecule has 1 aliphatic heterocycles. The van der Waals surface area contributed by atoms with Gasteiger partial charge < -0.3 is 19.9 Å². The normalized spacial score (nSPS) is 27.2. The molecule has 0 spiro atoms. The average Bonchev–Trinajstić information content (AvgIpc) is 3.09. The number of carbonyl (C=O) groups excluding carboxylic acids is 1. The molecule has 0 unspecified atom stereocenters. The van der Waals surface area contributed by atoms with E-state index < -0.39 is 12.2 Å². The number of nitrogens with zero attached hydrogens (tertiary/aromatic N) is 2.